The molecule has 0 aliphatic heterocycles. The van der Waals surface area contributed by atoms with Crippen LogP contribution in [-0.2, 0) is 9.53 Å². The number of hydrogen-bond acceptors (Lipinski definition) is 4. The van der Waals surface area contributed by atoms with Gasteiger partial charge in [-0.25, -0.2) is 13.6 Å². The first-order valence-corrected chi connectivity index (χ1v) is 5.69. The molecule has 106 valence electrons. The van der Waals surface area contributed by atoms with E-state index in [9.17, 15) is 18.4 Å². The van der Waals surface area contributed by atoms with Crippen molar-refractivity contribution in [1.82, 2.24) is 5.32 Å². The number of nitrogens with zero attached hydrogens (tertiary/aromatic N) is 1. The third-order valence-electron chi connectivity index (χ3n) is 2.46. The van der Waals surface area contributed by atoms with Crippen LogP contribution < -0.4 is 5.32 Å². The van der Waals surface area contributed by atoms with Crippen LogP contribution in [0.3, 0.4) is 0 Å². The molecule has 0 heterocycles. The van der Waals surface area contributed by atoms with Gasteiger partial charge in [0.05, 0.1) is 13.2 Å². The standard InChI is InChI=1S/C13H12F2N2O3/c1-20-13(19)11(3-2-4-16)17-12(18)8-5-9(14)7-10(15)6-8/h5-7,11H,2-3H2,1H3,(H,17,18)/t11-/m1/s1. The summed E-state index contributed by atoms with van der Waals surface area (Å²) in [6.45, 7) is 0. The summed E-state index contributed by atoms with van der Waals surface area (Å²) >= 11 is 0. The fraction of sp³-hybridized carbons (Fsp3) is 0.308. The second kappa shape index (κ2) is 7.19. The zero-order valence-corrected chi connectivity index (χ0v) is 10.7. The molecule has 1 rings (SSSR count). The van der Waals surface area contributed by atoms with Gasteiger partial charge in [-0.05, 0) is 18.6 Å². The maximum Gasteiger partial charge on any atom is 0.328 e. The molecule has 0 aliphatic rings. The van der Waals surface area contributed by atoms with Crippen LogP contribution >= 0.6 is 0 Å². The average Bonchev–Trinajstić information content (AvgIpc) is 2.41. The maximum absolute atomic E-state index is 13.0. The zero-order valence-electron chi connectivity index (χ0n) is 10.7. The third kappa shape index (κ3) is 4.31. The monoisotopic (exact) mass is 282 g/mol. The molecule has 0 fully saturated rings. The Morgan fingerprint density at radius 3 is 2.45 bits per heavy atom. The molecule has 0 saturated heterocycles. The number of carbonyl (C=O) groups excluding carboxylic acids is 2. The number of halogens is 2. The van der Waals surface area contributed by atoms with Crippen LogP contribution in [0.25, 0.3) is 0 Å². The van der Waals surface area contributed by atoms with Gasteiger partial charge < -0.3 is 10.1 Å². The number of methoxy groups -OCH3 is 1. The molecule has 20 heavy (non-hydrogen) atoms. The van der Waals surface area contributed by atoms with Crippen molar-refractivity contribution < 1.29 is 23.1 Å². The lowest BCUT2D eigenvalue weighted by molar-refractivity contribution is -0.143. The van der Waals surface area contributed by atoms with Crippen LogP contribution in [0.5, 0.6) is 0 Å². The topological polar surface area (TPSA) is 79.2 Å². The van der Waals surface area contributed by atoms with Gasteiger partial charge in [0.15, 0.2) is 0 Å². The predicted molar refractivity (Wildman–Crippen MR) is 64.5 cm³/mol. The van der Waals surface area contributed by atoms with E-state index in [1.807, 2.05) is 6.07 Å². The van der Waals surface area contributed by atoms with Crippen molar-refractivity contribution in [1.29, 1.82) is 5.26 Å². The van der Waals surface area contributed by atoms with E-state index in [0.29, 0.717) is 6.07 Å². The van der Waals surface area contributed by atoms with Crippen LogP contribution in [0, 0.1) is 23.0 Å². The summed E-state index contributed by atoms with van der Waals surface area (Å²) in [5.74, 6) is -3.36. The highest BCUT2D eigenvalue weighted by atomic mass is 19.1. The quantitative estimate of drug-likeness (QED) is 0.831. The van der Waals surface area contributed by atoms with Gasteiger partial charge in [-0.15, -0.1) is 0 Å². The van der Waals surface area contributed by atoms with Gasteiger partial charge in [0.25, 0.3) is 5.91 Å². The van der Waals surface area contributed by atoms with Crippen LogP contribution in [-0.4, -0.2) is 25.0 Å². The summed E-state index contributed by atoms with van der Waals surface area (Å²) in [7, 11) is 1.13. The molecule has 0 saturated carbocycles. The fourth-order valence-corrected chi connectivity index (χ4v) is 1.53. The summed E-state index contributed by atoms with van der Waals surface area (Å²) in [6, 6.07) is 3.10. The molecule has 7 heteroatoms. The highest BCUT2D eigenvalue weighted by Gasteiger charge is 2.22. The van der Waals surface area contributed by atoms with Crippen molar-refractivity contribution in [2.45, 2.75) is 18.9 Å². The lowest BCUT2D eigenvalue weighted by Crippen LogP contribution is -2.41. The Bertz CT molecular complexity index is 535. The van der Waals surface area contributed by atoms with Gasteiger partial charge >= 0.3 is 5.97 Å². The minimum Gasteiger partial charge on any atom is -0.467 e. The highest BCUT2D eigenvalue weighted by Crippen LogP contribution is 2.09. The Morgan fingerprint density at radius 1 is 1.35 bits per heavy atom. The number of carbonyl (C=O) groups is 2. The van der Waals surface area contributed by atoms with Crippen molar-refractivity contribution in [2.75, 3.05) is 7.11 Å². The number of rotatable bonds is 5. The van der Waals surface area contributed by atoms with Gasteiger partial charge in [0.2, 0.25) is 0 Å². The molecule has 0 unspecified atom stereocenters. The lowest BCUT2D eigenvalue weighted by Gasteiger charge is -2.15. The first-order valence-electron chi connectivity index (χ1n) is 5.69. The van der Waals surface area contributed by atoms with E-state index in [-0.39, 0.29) is 18.4 Å². The summed E-state index contributed by atoms with van der Waals surface area (Å²) in [5.41, 5.74) is -0.256. The number of benzene rings is 1. The van der Waals surface area contributed by atoms with E-state index in [4.69, 9.17) is 5.26 Å². The summed E-state index contributed by atoms with van der Waals surface area (Å²) in [4.78, 5) is 23.2. The number of nitrogens with one attached hydrogen (secondary N) is 1. The molecule has 0 aliphatic carbocycles. The van der Waals surface area contributed by atoms with E-state index < -0.39 is 29.6 Å². The maximum atomic E-state index is 13.0. The third-order valence-corrected chi connectivity index (χ3v) is 2.46. The van der Waals surface area contributed by atoms with E-state index >= 15 is 0 Å². The number of ether oxygens (including phenoxy) is 1. The van der Waals surface area contributed by atoms with E-state index in [1.165, 1.54) is 0 Å². The van der Waals surface area contributed by atoms with Gasteiger partial charge in [-0.2, -0.15) is 5.26 Å². The van der Waals surface area contributed by atoms with Crippen molar-refractivity contribution in [3.05, 3.63) is 35.4 Å². The Hall–Kier alpha value is -2.49. The number of hydrogen-bond donors (Lipinski definition) is 1. The summed E-state index contributed by atoms with van der Waals surface area (Å²) in [5, 5.41) is 10.8. The molecular weight excluding hydrogens is 270 g/mol. The molecule has 1 aromatic carbocycles. The van der Waals surface area contributed by atoms with Crippen molar-refractivity contribution >= 4 is 11.9 Å². The van der Waals surface area contributed by atoms with Crippen molar-refractivity contribution in [2.24, 2.45) is 0 Å². The second-order valence-corrected chi connectivity index (χ2v) is 3.90. The van der Waals surface area contributed by atoms with Crippen LogP contribution in [0.15, 0.2) is 18.2 Å². The van der Waals surface area contributed by atoms with Crippen molar-refractivity contribution in [3.8, 4) is 6.07 Å². The molecule has 1 atom stereocenters. The SMILES string of the molecule is COC(=O)[C@@H](CCC#N)NC(=O)c1cc(F)cc(F)c1. The first kappa shape index (κ1) is 15.6. The Balaban J connectivity index is 2.84. The summed E-state index contributed by atoms with van der Waals surface area (Å²) < 4.78 is 30.5. The Kier molecular flexibility index (Phi) is 5.59. The van der Waals surface area contributed by atoms with Gasteiger partial charge in [0.1, 0.15) is 17.7 Å². The largest absolute Gasteiger partial charge is 0.467 e. The molecular formula is C13H12F2N2O3. The lowest BCUT2D eigenvalue weighted by atomic mass is 10.1. The average molecular weight is 282 g/mol. The number of nitriles is 1. The fourth-order valence-electron chi connectivity index (χ4n) is 1.53. The molecule has 1 amide bonds. The van der Waals surface area contributed by atoms with Crippen molar-refractivity contribution in [3.63, 3.8) is 0 Å². The van der Waals surface area contributed by atoms with Gasteiger partial charge in [-0.1, -0.05) is 0 Å². The van der Waals surface area contributed by atoms with E-state index in [2.05, 4.69) is 10.1 Å². The molecule has 0 bridgehead atoms. The smallest absolute Gasteiger partial charge is 0.328 e. The van der Waals surface area contributed by atoms with Crippen LogP contribution in [0.1, 0.15) is 23.2 Å². The first-order chi connectivity index (χ1) is 9.47. The minimum atomic E-state index is -1.04. The Labute approximate surface area is 114 Å². The van der Waals surface area contributed by atoms with Crippen LogP contribution in [0.4, 0.5) is 8.78 Å². The molecule has 1 N–H and O–H groups in total. The second-order valence-electron chi connectivity index (χ2n) is 3.90. The molecule has 0 radical (unpaired) electrons. The number of esters is 1. The normalized spacial score (nSPS) is 11.3. The zero-order chi connectivity index (χ0) is 15.1. The molecule has 1 aromatic rings. The molecule has 0 spiro atoms. The predicted octanol–water partition coefficient (Wildman–Crippen LogP) is 1.54. The minimum absolute atomic E-state index is 0.0254. The Morgan fingerprint density at radius 2 is 1.95 bits per heavy atom. The van der Waals surface area contributed by atoms with E-state index in [0.717, 1.165) is 19.2 Å². The summed E-state index contributed by atoms with van der Waals surface area (Å²) in [6.07, 6.45) is 0.0737. The van der Waals surface area contributed by atoms with Gasteiger partial charge in [-0.3, -0.25) is 4.79 Å². The van der Waals surface area contributed by atoms with Crippen LogP contribution in [0.2, 0.25) is 0 Å². The van der Waals surface area contributed by atoms with E-state index in [1.54, 1.807) is 0 Å². The number of amides is 1. The molecule has 0 aromatic heterocycles. The van der Waals surface area contributed by atoms with Gasteiger partial charge in [0, 0.05) is 18.1 Å². The molecule has 5 nitrogen and oxygen atoms in total. The highest BCUT2D eigenvalue weighted by molar-refractivity contribution is 5.96.